The molecule has 0 amide bonds. The van der Waals surface area contributed by atoms with Crippen molar-refractivity contribution in [1.82, 2.24) is 0 Å². The number of sulfone groups is 1. The molecule has 1 fully saturated rings. The van der Waals surface area contributed by atoms with Gasteiger partial charge in [0, 0.05) is 10.9 Å². The Morgan fingerprint density at radius 2 is 2.10 bits per heavy atom. The van der Waals surface area contributed by atoms with E-state index < -0.39 is 37.5 Å². The van der Waals surface area contributed by atoms with Gasteiger partial charge in [-0.25, -0.2) is 17.6 Å². The van der Waals surface area contributed by atoms with Gasteiger partial charge in [-0.3, -0.25) is 0 Å². The van der Waals surface area contributed by atoms with Crippen LogP contribution < -0.4 is 0 Å². The maximum absolute atomic E-state index is 14.1. The molecule has 1 saturated carbocycles. The van der Waals surface area contributed by atoms with Gasteiger partial charge in [-0.15, -0.1) is 0 Å². The quantitative estimate of drug-likeness (QED) is 0.853. The first-order valence-corrected chi connectivity index (χ1v) is 8.47. The van der Waals surface area contributed by atoms with Crippen LogP contribution in [0.4, 0.5) is 4.39 Å². The second-order valence-corrected chi connectivity index (χ2v) is 8.04. The third kappa shape index (κ3) is 3.24. The number of rotatable bonds is 5. The molecule has 1 aliphatic carbocycles. The van der Waals surface area contributed by atoms with Crippen LogP contribution >= 0.6 is 15.9 Å². The van der Waals surface area contributed by atoms with Gasteiger partial charge < -0.3 is 5.11 Å². The zero-order chi connectivity index (χ0) is 15.8. The van der Waals surface area contributed by atoms with Gasteiger partial charge in [-0.2, -0.15) is 5.26 Å². The molecule has 112 valence electrons. The first kappa shape index (κ1) is 15.9. The van der Waals surface area contributed by atoms with E-state index >= 15 is 0 Å². The van der Waals surface area contributed by atoms with Gasteiger partial charge in [0.1, 0.15) is 4.90 Å². The number of aromatic carboxylic acids is 1. The normalized spacial score (nSPS) is 16.2. The fourth-order valence-electron chi connectivity index (χ4n) is 2.14. The molecule has 0 unspecified atom stereocenters. The lowest BCUT2D eigenvalue weighted by Crippen LogP contribution is -2.19. The van der Waals surface area contributed by atoms with Crippen LogP contribution in [0.2, 0.25) is 0 Å². The molecule has 0 bridgehead atoms. The zero-order valence-corrected chi connectivity index (χ0v) is 13.2. The molecule has 0 heterocycles. The van der Waals surface area contributed by atoms with Crippen LogP contribution in [0.25, 0.3) is 0 Å². The second-order valence-electron chi connectivity index (χ2n) is 5.16. The van der Waals surface area contributed by atoms with E-state index in [1.165, 1.54) is 0 Å². The molecule has 1 aromatic carbocycles. The van der Waals surface area contributed by atoms with Crippen molar-refractivity contribution in [1.29, 1.82) is 5.26 Å². The van der Waals surface area contributed by atoms with E-state index in [4.69, 9.17) is 10.4 Å². The summed E-state index contributed by atoms with van der Waals surface area (Å²) in [4.78, 5) is 10.3. The predicted octanol–water partition coefficient (Wildman–Crippen LogP) is 2.75. The van der Waals surface area contributed by atoms with Gasteiger partial charge in [0.15, 0.2) is 15.7 Å². The number of halogens is 2. The first-order valence-electron chi connectivity index (χ1n) is 6.03. The highest BCUT2D eigenvalue weighted by molar-refractivity contribution is 9.10. The number of hydrogen-bond acceptors (Lipinski definition) is 4. The summed E-state index contributed by atoms with van der Waals surface area (Å²) >= 11 is 2.99. The standard InChI is InChI=1S/C13H11BrFNO4S/c14-8-5-9(12(17)18)11(15)10(6-8)21(19,20)7-13(1-2-13)3-4-16/h5-6H,1-3,7H2,(H,17,18). The number of carboxylic acids is 1. The van der Waals surface area contributed by atoms with Crippen molar-refractivity contribution in [2.75, 3.05) is 5.75 Å². The lowest BCUT2D eigenvalue weighted by atomic mass is 10.1. The number of carboxylic acid groups (broad SMARTS) is 1. The monoisotopic (exact) mass is 375 g/mol. The molecule has 0 radical (unpaired) electrons. The number of hydrogen-bond donors (Lipinski definition) is 1. The molecule has 0 atom stereocenters. The molecule has 0 saturated heterocycles. The minimum absolute atomic E-state index is 0.0909. The third-order valence-electron chi connectivity index (χ3n) is 3.48. The van der Waals surface area contributed by atoms with Crippen LogP contribution in [0.5, 0.6) is 0 Å². The molecule has 5 nitrogen and oxygen atoms in total. The molecule has 1 aromatic rings. The maximum atomic E-state index is 14.1. The SMILES string of the molecule is N#CCC1(CS(=O)(=O)c2cc(Br)cc(C(=O)O)c2F)CC1. The summed E-state index contributed by atoms with van der Waals surface area (Å²) in [5.41, 5.74) is -1.32. The summed E-state index contributed by atoms with van der Waals surface area (Å²) in [6, 6.07) is 4.01. The largest absolute Gasteiger partial charge is 0.478 e. The summed E-state index contributed by atoms with van der Waals surface area (Å²) < 4.78 is 39.0. The van der Waals surface area contributed by atoms with Gasteiger partial charge in [-0.1, -0.05) is 15.9 Å². The molecule has 0 aromatic heterocycles. The van der Waals surface area contributed by atoms with Gasteiger partial charge in [0.05, 0.1) is 17.4 Å². The second kappa shape index (κ2) is 5.39. The highest BCUT2D eigenvalue weighted by Gasteiger charge is 2.47. The average molecular weight is 376 g/mol. The minimum Gasteiger partial charge on any atom is -0.478 e. The summed E-state index contributed by atoms with van der Waals surface area (Å²) in [6.45, 7) is 0. The van der Waals surface area contributed by atoms with Crippen LogP contribution in [0.1, 0.15) is 29.6 Å². The summed E-state index contributed by atoms with van der Waals surface area (Å²) in [5.74, 6) is -3.15. The molecule has 2 rings (SSSR count). The van der Waals surface area contributed by atoms with Gasteiger partial charge in [-0.05, 0) is 30.4 Å². The highest BCUT2D eigenvalue weighted by atomic mass is 79.9. The highest BCUT2D eigenvalue weighted by Crippen LogP contribution is 2.50. The zero-order valence-electron chi connectivity index (χ0n) is 10.8. The van der Waals surface area contributed by atoms with Gasteiger partial charge >= 0.3 is 5.97 Å². The number of nitriles is 1. The topological polar surface area (TPSA) is 95.2 Å². The summed E-state index contributed by atoms with van der Waals surface area (Å²) in [5, 5.41) is 17.6. The molecular formula is C13H11BrFNO4S. The van der Waals surface area contributed by atoms with Crippen molar-refractivity contribution in [3.8, 4) is 6.07 Å². The predicted molar refractivity (Wildman–Crippen MR) is 75.0 cm³/mol. The van der Waals surface area contributed by atoms with E-state index in [-0.39, 0.29) is 16.6 Å². The summed E-state index contributed by atoms with van der Waals surface area (Å²) in [7, 11) is -4.01. The molecular weight excluding hydrogens is 365 g/mol. The smallest absolute Gasteiger partial charge is 0.338 e. The molecule has 21 heavy (non-hydrogen) atoms. The number of carbonyl (C=O) groups is 1. The third-order valence-corrected chi connectivity index (χ3v) is 5.89. The molecule has 0 spiro atoms. The summed E-state index contributed by atoms with van der Waals surface area (Å²) in [6.07, 6.45) is 1.29. The molecule has 8 heteroatoms. The van der Waals surface area contributed by atoms with E-state index in [2.05, 4.69) is 15.9 Å². The van der Waals surface area contributed by atoms with Crippen molar-refractivity contribution in [2.45, 2.75) is 24.2 Å². The molecule has 0 aliphatic heterocycles. The molecule has 1 N–H and O–H groups in total. The maximum Gasteiger partial charge on any atom is 0.338 e. The number of benzene rings is 1. The van der Waals surface area contributed by atoms with Crippen LogP contribution in [-0.4, -0.2) is 25.2 Å². The Balaban J connectivity index is 2.46. The van der Waals surface area contributed by atoms with Crippen molar-refractivity contribution >= 4 is 31.7 Å². The Kier molecular flexibility index (Phi) is 4.08. The van der Waals surface area contributed by atoms with Crippen molar-refractivity contribution in [2.24, 2.45) is 5.41 Å². The lowest BCUT2D eigenvalue weighted by Gasteiger charge is -2.13. The van der Waals surface area contributed by atoms with Gasteiger partial charge in [0.2, 0.25) is 0 Å². The van der Waals surface area contributed by atoms with E-state index in [1.54, 1.807) is 0 Å². The average Bonchev–Trinajstić information content (AvgIpc) is 3.10. The van der Waals surface area contributed by atoms with Crippen LogP contribution in [0.3, 0.4) is 0 Å². The Bertz CT molecular complexity index is 750. The fraction of sp³-hybridized carbons (Fsp3) is 0.385. The molecule has 1 aliphatic rings. The van der Waals surface area contributed by atoms with E-state index in [0.29, 0.717) is 12.8 Å². The van der Waals surface area contributed by atoms with E-state index in [0.717, 1.165) is 12.1 Å². The van der Waals surface area contributed by atoms with Crippen molar-refractivity contribution < 1.29 is 22.7 Å². The van der Waals surface area contributed by atoms with Crippen LogP contribution in [0.15, 0.2) is 21.5 Å². The lowest BCUT2D eigenvalue weighted by molar-refractivity contribution is 0.0691. The minimum atomic E-state index is -4.01. The number of nitrogens with zero attached hydrogens (tertiary/aromatic N) is 1. The Labute approximate surface area is 129 Å². The van der Waals surface area contributed by atoms with Crippen LogP contribution in [-0.2, 0) is 9.84 Å². The first-order chi connectivity index (χ1) is 9.71. The van der Waals surface area contributed by atoms with E-state index in [1.807, 2.05) is 6.07 Å². The van der Waals surface area contributed by atoms with Crippen LogP contribution in [0, 0.1) is 22.6 Å². The van der Waals surface area contributed by atoms with Crippen molar-refractivity contribution in [3.63, 3.8) is 0 Å². The van der Waals surface area contributed by atoms with Crippen molar-refractivity contribution in [3.05, 3.63) is 28.0 Å². The Morgan fingerprint density at radius 1 is 1.48 bits per heavy atom. The Hall–Kier alpha value is -1.46. The fourth-order valence-corrected chi connectivity index (χ4v) is 4.79. The van der Waals surface area contributed by atoms with E-state index in [9.17, 15) is 17.6 Å². The van der Waals surface area contributed by atoms with Gasteiger partial charge in [0.25, 0.3) is 0 Å². The Morgan fingerprint density at radius 3 is 2.57 bits per heavy atom.